The highest BCUT2D eigenvalue weighted by molar-refractivity contribution is 5.94. The molecule has 5 rings (SSSR count). The molecule has 2 aliphatic heterocycles. The third-order valence-electron chi connectivity index (χ3n) is 8.78. The maximum atomic E-state index is 12.6. The Hall–Kier alpha value is -3.76. The Morgan fingerprint density at radius 2 is 1.41 bits per heavy atom. The summed E-state index contributed by atoms with van der Waals surface area (Å²) in [5.74, 6) is -0.208. The first kappa shape index (κ1) is 33.6. The van der Waals surface area contributed by atoms with Crippen molar-refractivity contribution in [2.75, 3.05) is 36.0 Å². The lowest BCUT2D eigenvalue weighted by molar-refractivity contribution is -0.253. The summed E-state index contributed by atoms with van der Waals surface area (Å²) in [6.07, 6.45) is 8.34. The van der Waals surface area contributed by atoms with Crippen molar-refractivity contribution in [2.45, 2.75) is 89.3 Å². The van der Waals surface area contributed by atoms with Crippen molar-refractivity contribution in [3.05, 3.63) is 89.5 Å². The van der Waals surface area contributed by atoms with E-state index in [0.717, 1.165) is 42.7 Å². The van der Waals surface area contributed by atoms with E-state index in [1.165, 1.54) is 32.1 Å². The van der Waals surface area contributed by atoms with E-state index < -0.39 is 6.29 Å². The molecule has 2 saturated heterocycles. The topological polar surface area (TPSA) is 126 Å². The molecule has 46 heavy (non-hydrogen) atoms. The highest BCUT2D eigenvalue weighted by Gasteiger charge is 2.33. The second-order valence-corrected chi connectivity index (χ2v) is 12.4. The number of carbonyl (C=O) groups excluding carboxylic acids is 2. The zero-order valence-corrected chi connectivity index (χ0v) is 26.7. The lowest BCUT2D eigenvalue weighted by Crippen LogP contribution is -2.40. The van der Waals surface area contributed by atoms with Crippen LogP contribution < -0.4 is 16.4 Å². The molecular weight excluding hydrogens is 580 g/mol. The lowest BCUT2D eigenvalue weighted by atomic mass is 9.99. The largest absolute Gasteiger partial charge is 0.397 e. The van der Waals surface area contributed by atoms with E-state index in [4.69, 9.17) is 15.2 Å². The molecule has 0 bridgehead atoms. The Balaban J connectivity index is 1.14. The fraction of sp³-hybridized carbons (Fsp3) is 0.459. The number of para-hydroxylation sites is 2. The van der Waals surface area contributed by atoms with Gasteiger partial charge in [-0.25, -0.2) is 0 Å². The number of benzene rings is 3. The zero-order valence-electron chi connectivity index (χ0n) is 26.7. The van der Waals surface area contributed by atoms with Crippen molar-refractivity contribution in [1.82, 2.24) is 4.90 Å². The predicted octanol–water partition coefficient (Wildman–Crippen LogP) is 6.71. The Labute approximate surface area is 272 Å². The molecule has 2 heterocycles. The average Bonchev–Trinajstić information content (AvgIpc) is 3.05. The van der Waals surface area contributed by atoms with Crippen molar-refractivity contribution >= 4 is 28.9 Å². The number of rotatable bonds is 12. The van der Waals surface area contributed by atoms with Crippen LogP contribution in [0.1, 0.15) is 93.3 Å². The molecule has 9 nitrogen and oxygen atoms in total. The summed E-state index contributed by atoms with van der Waals surface area (Å²) < 4.78 is 13.1. The Morgan fingerprint density at radius 1 is 0.783 bits per heavy atom. The van der Waals surface area contributed by atoms with Gasteiger partial charge in [-0.05, 0) is 74.2 Å². The number of aliphatic hydroxyl groups excluding tert-OH is 1. The molecule has 2 fully saturated rings. The van der Waals surface area contributed by atoms with Gasteiger partial charge in [0, 0.05) is 37.1 Å². The molecule has 3 aromatic carbocycles. The van der Waals surface area contributed by atoms with Gasteiger partial charge in [-0.1, -0.05) is 67.8 Å². The van der Waals surface area contributed by atoms with Crippen LogP contribution in [0.5, 0.6) is 0 Å². The van der Waals surface area contributed by atoms with Crippen molar-refractivity contribution in [1.29, 1.82) is 0 Å². The van der Waals surface area contributed by atoms with Crippen LogP contribution in [0, 0.1) is 0 Å². The van der Waals surface area contributed by atoms with Gasteiger partial charge in [0.25, 0.3) is 0 Å². The maximum Gasteiger partial charge on any atom is 0.224 e. The maximum absolute atomic E-state index is 12.6. The van der Waals surface area contributed by atoms with Crippen molar-refractivity contribution < 1.29 is 24.2 Å². The van der Waals surface area contributed by atoms with Gasteiger partial charge in [0.2, 0.25) is 11.8 Å². The number of hydrogen-bond acceptors (Lipinski definition) is 7. The number of nitrogen functional groups attached to an aromatic ring is 1. The van der Waals surface area contributed by atoms with Crippen LogP contribution in [0.4, 0.5) is 17.1 Å². The van der Waals surface area contributed by atoms with Crippen LogP contribution in [0.3, 0.4) is 0 Å². The third-order valence-corrected chi connectivity index (χ3v) is 8.78. The van der Waals surface area contributed by atoms with Gasteiger partial charge in [-0.3, -0.25) is 9.59 Å². The summed E-state index contributed by atoms with van der Waals surface area (Å²) in [6, 6.07) is 22.8. The molecule has 0 aromatic heterocycles. The van der Waals surface area contributed by atoms with Crippen LogP contribution in [-0.4, -0.2) is 47.6 Å². The van der Waals surface area contributed by atoms with Crippen LogP contribution >= 0.6 is 0 Å². The summed E-state index contributed by atoms with van der Waals surface area (Å²) in [6.45, 7) is 3.10. The number of ether oxygens (including phenoxy) is 2. The van der Waals surface area contributed by atoms with E-state index >= 15 is 0 Å². The van der Waals surface area contributed by atoms with Gasteiger partial charge < -0.3 is 35.8 Å². The molecule has 2 aliphatic rings. The minimum atomic E-state index is -0.529. The fourth-order valence-electron chi connectivity index (χ4n) is 6.16. The number of carbonyl (C=O) groups is 2. The van der Waals surface area contributed by atoms with Crippen LogP contribution in [0.2, 0.25) is 0 Å². The molecule has 5 N–H and O–H groups in total. The molecule has 0 spiro atoms. The Kier molecular flexibility index (Phi) is 12.6. The van der Waals surface area contributed by atoms with Crippen LogP contribution in [0.15, 0.2) is 72.8 Å². The van der Waals surface area contributed by atoms with Crippen molar-refractivity contribution in [3.63, 3.8) is 0 Å². The first-order valence-corrected chi connectivity index (χ1v) is 16.7. The van der Waals surface area contributed by atoms with Gasteiger partial charge in [0.15, 0.2) is 6.29 Å². The van der Waals surface area contributed by atoms with E-state index in [1.807, 2.05) is 60.7 Å². The van der Waals surface area contributed by atoms with Gasteiger partial charge in [-0.15, -0.1) is 0 Å². The highest BCUT2D eigenvalue weighted by atomic mass is 16.7. The highest BCUT2D eigenvalue weighted by Crippen LogP contribution is 2.38. The molecule has 3 aromatic rings. The monoisotopic (exact) mass is 628 g/mol. The number of nitrogens with two attached hydrogens (primary N) is 1. The number of unbranched alkanes of at least 4 members (excludes halogenated alkanes) is 1. The molecule has 0 saturated carbocycles. The first-order valence-electron chi connectivity index (χ1n) is 16.7. The molecular formula is C37H48N4O5. The van der Waals surface area contributed by atoms with E-state index in [2.05, 4.69) is 15.5 Å². The van der Waals surface area contributed by atoms with Gasteiger partial charge >= 0.3 is 0 Å². The molecule has 0 aliphatic carbocycles. The first-order chi connectivity index (χ1) is 22.5. The van der Waals surface area contributed by atoms with Crippen molar-refractivity contribution in [3.8, 4) is 0 Å². The predicted molar refractivity (Wildman–Crippen MR) is 181 cm³/mol. The molecule has 2 amide bonds. The normalized spacial score (nSPS) is 20.8. The summed E-state index contributed by atoms with van der Waals surface area (Å²) in [4.78, 5) is 27.4. The quantitative estimate of drug-likeness (QED) is 0.130. The Morgan fingerprint density at radius 3 is 2.09 bits per heavy atom. The van der Waals surface area contributed by atoms with E-state index in [1.54, 1.807) is 12.1 Å². The minimum Gasteiger partial charge on any atom is -0.397 e. The lowest BCUT2D eigenvalue weighted by Gasteiger charge is -2.38. The fourth-order valence-corrected chi connectivity index (χ4v) is 6.16. The van der Waals surface area contributed by atoms with E-state index in [0.29, 0.717) is 42.7 Å². The molecule has 3 atom stereocenters. The smallest absolute Gasteiger partial charge is 0.224 e. The third kappa shape index (κ3) is 10.1. The number of hydrogen-bond donors (Lipinski definition) is 4. The summed E-state index contributed by atoms with van der Waals surface area (Å²) in [5.41, 5.74) is 10.6. The minimum absolute atomic E-state index is 0.0137. The molecule has 0 unspecified atom stereocenters. The average molecular weight is 629 g/mol. The number of amides is 2. The number of nitrogens with zero attached hydrogens (tertiary/aromatic N) is 1. The number of anilines is 3. The number of aliphatic hydroxyl groups is 1. The van der Waals surface area contributed by atoms with Crippen LogP contribution in [0.25, 0.3) is 0 Å². The Bertz CT molecular complexity index is 1390. The van der Waals surface area contributed by atoms with Crippen LogP contribution in [-0.2, 0) is 25.7 Å². The van der Waals surface area contributed by atoms with Crippen molar-refractivity contribution in [2.24, 2.45) is 0 Å². The van der Waals surface area contributed by atoms with Gasteiger partial charge in [-0.2, -0.15) is 0 Å². The second-order valence-electron chi connectivity index (χ2n) is 12.4. The second kappa shape index (κ2) is 17.2. The van der Waals surface area contributed by atoms with E-state index in [9.17, 15) is 14.7 Å². The van der Waals surface area contributed by atoms with Gasteiger partial charge in [0.05, 0.1) is 30.2 Å². The van der Waals surface area contributed by atoms with Gasteiger partial charge in [0.1, 0.15) is 0 Å². The number of nitrogens with one attached hydrogen (secondary N) is 2. The standard InChI is InChI=1S/C37H48N4O5/c38-32-10-4-5-11-33(32)40-36(44)13-7-6-12-35(43)39-30-20-18-29(19-21-30)37-45-31(25-41-22-8-2-1-3-9-23-41)24-34(46-37)28-16-14-27(26-42)15-17-28/h4-5,10-11,14-21,31,34,37,42H,1-3,6-9,12-13,22-26,38H2,(H,39,43)(H,40,44)/t31-,34+,37+/m1/s1. The zero-order chi connectivity index (χ0) is 32.1. The SMILES string of the molecule is Nc1ccccc1NC(=O)CCCCC(=O)Nc1ccc([C@H]2O[C@@H](CN3CCCCCCC3)C[C@@H](c3ccc(CO)cc3)O2)cc1. The molecule has 0 radical (unpaired) electrons. The summed E-state index contributed by atoms with van der Waals surface area (Å²) >= 11 is 0. The summed E-state index contributed by atoms with van der Waals surface area (Å²) in [7, 11) is 0. The molecule has 246 valence electrons. The molecule has 9 heteroatoms. The number of likely N-dealkylation sites (tertiary alicyclic amines) is 1. The summed E-state index contributed by atoms with van der Waals surface area (Å²) in [5, 5.41) is 15.3. The van der Waals surface area contributed by atoms with E-state index in [-0.39, 0.29) is 30.6 Å².